The predicted molar refractivity (Wildman–Crippen MR) is 101 cm³/mol. The molecule has 2 heterocycles. The quantitative estimate of drug-likeness (QED) is 0.903. The van der Waals surface area contributed by atoms with Crippen LogP contribution in [0, 0.1) is 0 Å². The van der Waals surface area contributed by atoms with Crippen LogP contribution < -0.4 is 10.2 Å². The summed E-state index contributed by atoms with van der Waals surface area (Å²) in [7, 11) is 0. The fraction of sp³-hybridized carbons (Fsp3) is 0.100. The van der Waals surface area contributed by atoms with Crippen molar-refractivity contribution >= 4 is 23.8 Å². The Hall–Kier alpha value is -3.14. The molecule has 0 spiro atoms. The lowest BCUT2D eigenvalue weighted by Gasteiger charge is -2.27. The molecular formula is C20H18N4. The molecule has 0 unspecified atom stereocenters. The second kappa shape index (κ2) is 6.16. The van der Waals surface area contributed by atoms with E-state index in [9.17, 15) is 0 Å². The lowest BCUT2D eigenvalue weighted by atomic mass is 10.1. The number of fused-ring (bicyclic) bond motifs is 2. The first-order chi connectivity index (χ1) is 11.8. The minimum atomic E-state index is 0.703. The monoisotopic (exact) mass is 314 g/mol. The van der Waals surface area contributed by atoms with E-state index < -0.39 is 0 Å². The third-order valence-corrected chi connectivity index (χ3v) is 4.16. The standard InChI is InChI=1S/C20H18N4/c1-15-10-21-12-17-7-3-5-9-20(17)24(15)14-18-13-22-11-16-6-2-4-8-19(16)23-18/h2-13,23H,14H2,1H3. The number of nitrogens with one attached hydrogen (secondary N) is 1. The minimum absolute atomic E-state index is 0.703. The van der Waals surface area contributed by atoms with Gasteiger partial charge in [-0.15, -0.1) is 0 Å². The van der Waals surface area contributed by atoms with Crippen LogP contribution in [0.2, 0.25) is 0 Å². The van der Waals surface area contributed by atoms with Crippen molar-refractivity contribution in [3.05, 3.63) is 83.5 Å². The largest absolute Gasteiger partial charge is 0.356 e. The highest BCUT2D eigenvalue weighted by atomic mass is 15.2. The van der Waals surface area contributed by atoms with E-state index in [2.05, 4.69) is 57.5 Å². The summed E-state index contributed by atoms with van der Waals surface area (Å²) in [6.45, 7) is 2.78. The Labute approximate surface area is 141 Å². The molecule has 2 aliphatic heterocycles. The van der Waals surface area contributed by atoms with Crippen molar-refractivity contribution in [3.63, 3.8) is 0 Å². The molecule has 4 rings (SSSR count). The molecular weight excluding hydrogens is 296 g/mol. The zero-order valence-corrected chi connectivity index (χ0v) is 13.5. The Morgan fingerprint density at radius 2 is 1.58 bits per heavy atom. The van der Waals surface area contributed by atoms with Gasteiger partial charge in [0, 0.05) is 47.3 Å². The molecule has 24 heavy (non-hydrogen) atoms. The molecule has 0 aromatic heterocycles. The van der Waals surface area contributed by atoms with Crippen molar-refractivity contribution in [2.45, 2.75) is 6.92 Å². The van der Waals surface area contributed by atoms with Crippen LogP contribution in [-0.4, -0.2) is 19.0 Å². The first-order valence-electron chi connectivity index (χ1n) is 7.96. The number of allylic oxidation sites excluding steroid dienone is 1. The predicted octanol–water partition coefficient (Wildman–Crippen LogP) is 4.17. The Kier molecular flexibility index (Phi) is 3.71. The van der Waals surface area contributed by atoms with Crippen molar-refractivity contribution < 1.29 is 0 Å². The molecule has 2 aromatic rings. The molecule has 0 saturated heterocycles. The van der Waals surface area contributed by atoms with Gasteiger partial charge in [0.2, 0.25) is 0 Å². The first kappa shape index (κ1) is 14.5. The highest BCUT2D eigenvalue weighted by Crippen LogP contribution is 2.27. The Morgan fingerprint density at radius 3 is 2.50 bits per heavy atom. The summed E-state index contributed by atoms with van der Waals surface area (Å²) < 4.78 is 0. The number of hydrogen-bond acceptors (Lipinski definition) is 4. The minimum Gasteiger partial charge on any atom is -0.356 e. The van der Waals surface area contributed by atoms with Crippen LogP contribution in [0.25, 0.3) is 0 Å². The lowest BCUT2D eigenvalue weighted by Crippen LogP contribution is -2.26. The van der Waals surface area contributed by atoms with E-state index >= 15 is 0 Å². The summed E-state index contributed by atoms with van der Waals surface area (Å²) >= 11 is 0. The van der Waals surface area contributed by atoms with Crippen molar-refractivity contribution in [3.8, 4) is 0 Å². The highest BCUT2D eigenvalue weighted by molar-refractivity contribution is 5.91. The number of benzene rings is 2. The Bertz CT molecular complexity index is 890. The topological polar surface area (TPSA) is 40.0 Å². The summed E-state index contributed by atoms with van der Waals surface area (Å²) in [6, 6.07) is 16.5. The maximum atomic E-state index is 4.44. The van der Waals surface area contributed by atoms with Crippen LogP contribution in [0.1, 0.15) is 18.1 Å². The second-order valence-corrected chi connectivity index (χ2v) is 5.84. The van der Waals surface area contributed by atoms with Crippen LogP contribution in [0.5, 0.6) is 0 Å². The van der Waals surface area contributed by atoms with E-state index in [-0.39, 0.29) is 0 Å². The molecule has 2 aliphatic rings. The van der Waals surface area contributed by atoms with E-state index in [0.717, 1.165) is 33.9 Å². The van der Waals surface area contributed by atoms with Crippen molar-refractivity contribution in [2.75, 3.05) is 16.8 Å². The smallest absolute Gasteiger partial charge is 0.0645 e. The van der Waals surface area contributed by atoms with Gasteiger partial charge in [0.25, 0.3) is 0 Å². The van der Waals surface area contributed by atoms with Crippen LogP contribution in [0.15, 0.2) is 82.3 Å². The maximum absolute atomic E-state index is 4.44. The van der Waals surface area contributed by atoms with Crippen LogP contribution in [0.4, 0.5) is 11.4 Å². The van der Waals surface area contributed by atoms with E-state index in [1.54, 1.807) is 0 Å². The van der Waals surface area contributed by atoms with E-state index in [0.29, 0.717) is 6.54 Å². The average molecular weight is 314 g/mol. The molecule has 0 amide bonds. The van der Waals surface area contributed by atoms with Gasteiger partial charge in [-0.3, -0.25) is 9.98 Å². The first-order valence-corrected chi connectivity index (χ1v) is 7.96. The molecule has 0 fully saturated rings. The normalized spacial score (nSPS) is 15.5. The van der Waals surface area contributed by atoms with Gasteiger partial charge in [-0.2, -0.15) is 0 Å². The van der Waals surface area contributed by atoms with Gasteiger partial charge in [-0.25, -0.2) is 0 Å². The Balaban J connectivity index is 1.66. The molecule has 4 nitrogen and oxygen atoms in total. The molecule has 0 radical (unpaired) electrons. The van der Waals surface area contributed by atoms with E-state index in [4.69, 9.17) is 0 Å². The fourth-order valence-corrected chi connectivity index (χ4v) is 2.92. The molecule has 1 N–H and O–H groups in total. The third kappa shape index (κ3) is 2.74. The molecule has 0 saturated carbocycles. The van der Waals surface area contributed by atoms with E-state index in [1.807, 2.05) is 43.0 Å². The van der Waals surface area contributed by atoms with Gasteiger partial charge in [-0.1, -0.05) is 36.4 Å². The molecule has 0 atom stereocenters. The number of anilines is 2. The second-order valence-electron chi connectivity index (χ2n) is 5.84. The third-order valence-electron chi connectivity index (χ3n) is 4.16. The number of nitrogens with zero attached hydrogens (tertiary/aromatic N) is 3. The fourth-order valence-electron chi connectivity index (χ4n) is 2.92. The van der Waals surface area contributed by atoms with Crippen molar-refractivity contribution in [2.24, 2.45) is 9.98 Å². The average Bonchev–Trinajstić information content (AvgIpc) is 2.90. The van der Waals surface area contributed by atoms with Gasteiger partial charge in [0.15, 0.2) is 0 Å². The SMILES string of the molecule is CC1=CN=Cc2ccccc2N1CC1=CN=Cc2ccccc2N1. The lowest BCUT2D eigenvalue weighted by molar-refractivity contribution is 0.963. The summed E-state index contributed by atoms with van der Waals surface area (Å²) in [5.41, 5.74) is 6.57. The van der Waals surface area contributed by atoms with E-state index in [1.165, 1.54) is 0 Å². The zero-order valence-electron chi connectivity index (χ0n) is 13.5. The van der Waals surface area contributed by atoms with Crippen molar-refractivity contribution in [1.82, 2.24) is 0 Å². The zero-order chi connectivity index (χ0) is 16.4. The maximum Gasteiger partial charge on any atom is 0.0645 e. The van der Waals surface area contributed by atoms with Crippen LogP contribution in [-0.2, 0) is 0 Å². The summed E-state index contributed by atoms with van der Waals surface area (Å²) in [5, 5.41) is 3.50. The number of rotatable bonds is 2. The molecule has 0 bridgehead atoms. The molecule has 2 aromatic carbocycles. The molecule has 0 aliphatic carbocycles. The number of para-hydroxylation sites is 2. The highest BCUT2D eigenvalue weighted by Gasteiger charge is 2.17. The van der Waals surface area contributed by atoms with Gasteiger partial charge < -0.3 is 10.2 Å². The van der Waals surface area contributed by atoms with Gasteiger partial charge in [0.1, 0.15) is 0 Å². The summed E-state index contributed by atoms with van der Waals surface area (Å²) in [4.78, 5) is 11.1. The van der Waals surface area contributed by atoms with Gasteiger partial charge >= 0.3 is 0 Å². The Morgan fingerprint density at radius 1 is 0.875 bits per heavy atom. The van der Waals surface area contributed by atoms with Gasteiger partial charge in [-0.05, 0) is 19.1 Å². The van der Waals surface area contributed by atoms with Gasteiger partial charge in [0.05, 0.1) is 17.9 Å². The van der Waals surface area contributed by atoms with Crippen molar-refractivity contribution in [1.29, 1.82) is 0 Å². The molecule has 118 valence electrons. The number of aliphatic imine (C=N–C) groups is 2. The van der Waals surface area contributed by atoms with Crippen LogP contribution in [0.3, 0.4) is 0 Å². The summed E-state index contributed by atoms with van der Waals surface area (Å²) in [5.74, 6) is 0. The summed E-state index contributed by atoms with van der Waals surface area (Å²) in [6.07, 6.45) is 7.58. The number of hydrogen-bond donors (Lipinski definition) is 1. The molecule has 4 heteroatoms. The van der Waals surface area contributed by atoms with Crippen LogP contribution >= 0.6 is 0 Å².